The molecular formula is C13H25NO2. The van der Waals surface area contributed by atoms with E-state index in [9.17, 15) is 4.79 Å². The number of carboxylic acid groups (broad SMARTS) is 1. The summed E-state index contributed by atoms with van der Waals surface area (Å²) in [5.41, 5.74) is 0. The molecule has 1 heterocycles. The Morgan fingerprint density at radius 3 is 2.62 bits per heavy atom. The minimum Gasteiger partial charge on any atom is -0.481 e. The third kappa shape index (κ3) is 3.48. The molecule has 3 heteroatoms. The largest absolute Gasteiger partial charge is 0.481 e. The molecule has 16 heavy (non-hydrogen) atoms. The molecule has 0 aromatic rings. The minimum atomic E-state index is -0.645. The van der Waals surface area contributed by atoms with Crippen LogP contribution in [0.25, 0.3) is 0 Å². The molecule has 0 aromatic heterocycles. The Kier molecular flexibility index (Phi) is 5.26. The lowest BCUT2D eigenvalue weighted by atomic mass is 9.84. The molecule has 0 spiro atoms. The van der Waals surface area contributed by atoms with Gasteiger partial charge in [-0.25, -0.2) is 0 Å². The first-order valence-corrected chi connectivity index (χ1v) is 6.52. The molecule has 0 amide bonds. The average molecular weight is 227 g/mol. The van der Waals surface area contributed by atoms with Crippen molar-refractivity contribution in [2.45, 2.75) is 52.5 Å². The van der Waals surface area contributed by atoms with Crippen LogP contribution < -0.4 is 0 Å². The maximum Gasteiger partial charge on any atom is 0.303 e. The normalized spacial score (nSPS) is 28.0. The van der Waals surface area contributed by atoms with E-state index in [4.69, 9.17) is 5.11 Å². The molecule has 1 fully saturated rings. The van der Waals surface area contributed by atoms with Crippen LogP contribution in [0.4, 0.5) is 0 Å². The van der Waals surface area contributed by atoms with Crippen LogP contribution in [0.2, 0.25) is 0 Å². The highest BCUT2D eigenvalue weighted by Gasteiger charge is 2.32. The lowest BCUT2D eigenvalue weighted by Crippen LogP contribution is -2.43. The zero-order valence-electron chi connectivity index (χ0n) is 10.8. The van der Waals surface area contributed by atoms with Gasteiger partial charge in [-0.2, -0.15) is 0 Å². The molecule has 1 saturated heterocycles. The Bertz CT molecular complexity index is 228. The molecule has 1 aliphatic rings. The summed E-state index contributed by atoms with van der Waals surface area (Å²) in [4.78, 5) is 13.4. The average Bonchev–Trinajstić information content (AvgIpc) is 2.38. The second-order valence-electron chi connectivity index (χ2n) is 5.22. The van der Waals surface area contributed by atoms with Crippen molar-refractivity contribution in [1.82, 2.24) is 4.90 Å². The highest BCUT2D eigenvalue weighted by atomic mass is 16.4. The van der Waals surface area contributed by atoms with E-state index in [1.807, 2.05) is 0 Å². The van der Waals surface area contributed by atoms with Gasteiger partial charge in [-0.3, -0.25) is 4.79 Å². The second kappa shape index (κ2) is 6.24. The Balaban J connectivity index is 2.78. The van der Waals surface area contributed by atoms with Crippen LogP contribution in [0.5, 0.6) is 0 Å². The predicted molar refractivity (Wildman–Crippen MR) is 65.5 cm³/mol. The maximum atomic E-state index is 10.9. The molecule has 2 atom stereocenters. The van der Waals surface area contributed by atoms with E-state index in [0.29, 0.717) is 24.3 Å². The van der Waals surface area contributed by atoms with Crippen molar-refractivity contribution in [3.05, 3.63) is 0 Å². The lowest BCUT2D eigenvalue weighted by Gasteiger charge is -2.36. The third-order valence-corrected chi connectivity index (χ3v) is 3.70. The lowest BCUT2D eigenvalue weighted by molar-refractivity contribution is -0.138. The molecule has 0 aromatic carbocycles. The van der Waals surface area contributed by atoms with Crippen molar-refractivity contribution >= 4 is 5.97 Å². The first-order chi connectivity index (χ1) is 7.56. The Morgan fingerprint density at radius 2 is 2.12 bits per heavy atom. The van der Waals surface area contributed by atoms with Crippen LogP contribution in [0.15, 0.2) is 0 Å². The van der Waals surface area contributed by atoms with Crippen LogP contribution in [0, 0.1) is 11.8 Å². The molecule has 0 bridgehead atoms. The molecule has 0 saturated carbocycles. The van der Waals surface area contributed by atoms with E-state index >= 15 is 0 Å². The van der Waals surface area contributed by atoms with Crippen molar-refractivity contribution in [3.63, 3.8) is 0 Å². The van der Waals surface area contributed by atoms with Crippen LogP contribution in [0.1, 0.15) is 46.5 Å². The van der Waals surface area contributed by atoms with Crippen molar-refractivity contribution in [2.24, 2.45) is 11.8 Å². The predicted octanol–water partition coefficient (Wildman–Crippen LogP) is 2.61. The Labute approximate surface area is 98.8 Å². The summed E-state index contributed by atoms with van der Waals surface area (Å²) in [6, 6.07) is 0.448. The Hall–Kier alpha value is -0.570. The number of carbonyl (C=O) groups is 1. The van der Waals surface area contributed by atoms with Crippen molar-refractivity contribution < 1.29 is 9.90 Å². The van der Waals surface area contributed by atoms with Gasteiger partial charge >= 0.3 is 5.97 Å². The number of nitrogens with zero attached hydrogens (tertiary/aromatic N) is 1. The van der Waals surface area contributed by atoms with E-state index in [1.54, 1.807) is 0 Å². The van der Waals surface area contributed by atoms with Crippen molar-refractivity contribution in [2.75, 3.05) is 13.1 Å². The summed E-state index contributed by atoms with van der Waals surface area (Å²) >= 11 is 0. The van der Waals surface area contributed by atoms with Crippen LogP contribution in [0.3, 0.4) is 0 Å². The standard InChI is InChI=1S/C13H25NO2/c1-4-14-8-6-5-7-11(9-12(15)16)13(14)10(2)3/h10-11,13H,4-9H2,1-3H3,(H,15,16)/t11-,13-/m1/s1. The molecule has 0 radical (unpaired) electrons. The molecule has 3 nitrogen and oxygen atoms in total. The number of rotatable bonds is 4. The smallest absolute Gasteiger partial charge is 0.303 e. The van der Waals surface area contributed by atoms with Gasteiger partial charge in [-0.05, 0) is 37.8 Å². The van der Waals surface area contributed by atoms with Crippen LogP contribution in [-0.4, -0.2) is 35.1 Å². The van der Waals surface area contributed by atoms with Gasteiger partial charge < -0.3 is 10.0 Å². The van der Waals surface area contributed by atoms with Gasteiger partial charge in [0.1, 0.15) is 0 Å². The first-order valence-electron chi connectivity index (χ1n) is 6.52. The van der Waals surface area contributed by atoms with Gasteiger partial charge in [0.2, 0.25) is 0 Å². The van der Waals surface area contributed by atoms with Crippen LogP contribution >= 0.6 is 0 Å². The topological polar surface area (TPSA) is 40.5 Å². The van der Waals surface area contributed by atoms with Gasteiger partial charge in [0, 0.05) is 12.5 Å². The molecular weight excluding hydrogens is 202 g/mol. The number of likely N-dealkylation sites (tertiary alicyclic amines) is 1. The fourth-order valence-corrected chi connectivity index (χ4v) is 3.12. The van der Waals surface area contributed by atoms with E-state index in [-0.39, 0.29) is 0 Å². The monoisotopic (exact) mass is 227 g/mol. The summed E-state index contributed by atoms with van der Waals surface area (Å²) in [7, 11) is 0. The number of hydrogen-bond donors (Lipinski definition) is 1. The summed E-state index contributed by atoms with van der Waals surface area (Å²) < 4.78 is 0. The van der Waals surface area contributed by atoms with Gasteiger partial charge in [-0.1, -0.05) is 27.2 Å². The second-order valence-corrected chi connectivity index (χ2v) is 5.22. The van der Waals surface area contributed by atoms with E-state index in [0.717, 1.165) is 19.5 Å². The number of hydrogen-bond acceptors (Lipinski definition) is 2. The number of aliphatic carboxylic acids is 1. The highest BCUT2D eigenvalue weighted by molar-refractivity contribution is 5.67. The fourth-order valence-electron chi connectivity index (χ4n) is 3.12. The fraction of sp³-hybridized carbons (Fsp3) is 0.923. The Morgan fingerprint density at radius 1 is 1.44 bits per heavy atom. The van der Waals surface area contributed by atoms with Gasteiger partial charge in [0.15, 0.2) is 0 Å². The van der Waals surface area contributed by atoms with Gasteiger partial charge in [0.05, 0.1) is 0 Å². The molecule has 0 unspecified atom stereocenters. The molecule has 1 rings (SSSR count). The minimum absolute atomic E-state index is 0.333. The molecule has 1 aliphatic heterocycles. The summed E-state index contributed by atoms with van der Waals surface area (Å²) in [6.07, 6.45) is 3.80. The van der Waals surface area contributed by atoms with E-state index in [2.05, 4.69) is 25.7 Å². The summed E-state index contributed by atoms with van der Waals surface area (Å²) in [6.45, 7) is 8.79. The van der Waals surface area contributed by atoms with Gasteiger partial charge in [-0.15, -0.1) is 0 Å². The SMILES string of the molecule is CCN1CCCC[C@H](CC(=O)O)[C@H]1C(C)C. The zero-order valence-corrected chi connectivity index (χ0v) is 10.8. The van der Waals surface area contributed by atoms with Crippen molar-refractivity contribution in [3.8, 4) is 0 Å². The van der Waals surface area contributed by atoms with Gasteiger partial charge in [0.25, 0.3) is 0 Å². The summed E-state index contributed by atoms with van der Waals surface area (Å²) in [5, 5.41) is 9.00. The molecule has 0 aliphatic carbocycles. The van der Waals surface area contributed by atoms with Crippen LogP contribution in [-0.2, 0) is 4.79 Å². The maximum absolute atomic E-state index is 10.9. The molecule has 1 N–H and O–H groups in total. The zero-order chi connectivity index (χ0) is 12.1. The third-order valence-electron chi connectivity index (χ3n) is 3.70. The first kappa shape index (κ1) is 13.5. The van der Waals surface area contributed by atoms with Crippen molar-refractivity contribution in [1.29, 1.82) is 0 Å². The molecule has 94 valence electrons. The van der Waals surface area contributed by atoms with E-state index in [1.165, 1.54) is 12.8 Å². The highest BCUT2D eigenvalue weighted by Crippen LogP contribution is 2.30. The number of carboxylic acids is 1. The van der Waals surface area contributed by atoms with E-state index < -0.39 is 5.97 Å². The summed E-state index contributed by atoms with van der Waals surface area (Å²) in [5.74, 6) is 0.232. The quantitative estimate of drug-likeness (QED) is 0.802.